The fourth-order valence-electron chi connectivity index (χ4n) is 0.753. The van der Waals surface area contributed by atoms with Crippen LogP contribution in [-0.2, 0) is 4.74 Å². The van der Waals surface area contributed by atoms with E-state index in [9.17, 15) is 0 Å². The van der Waals surface area contributed by atoms with Crippen molar-refractivity contribution in [3.63, 3.8) is 0 Å². The Bertz CT molecular complexity index is 233. The molecule has 2 nitrogen and oxygen atoms in total. The fourth-order valence-corrected chi connectivity index (χ4v) is 0.879. The normalized spacial score (nSPS) is 12.6. The molecule has 1 atom stereocenters. The Morgan fingerprint density at radius 2 is 1.83 bits per heavy atom. The molecule has 1 aromatic carbocycles. The van der Waals surface area contributed by atoms with Gasteiger partial charge in [-0.05, 0) is 31.2 Å². The van der Waals surface area contributed by atoms with Crippen LogP contribution in [0, 0.1) is 0 Å². The first-order valence-corrected chi connectivity index (χ1v) is 4.05. The van der Waals surface area contributed by atoms with E-state index in [4.69, 9.17) is 21.1 Å². The van der Waals surface area contributed by atoms with Crippen LogP contribution in [0.1, 0.15) is 6.92 Å². The van der Waals surface area contributed by atoms with E-state index >= 15 is 0 Å². The average molecular weight is 187 g/mol. The van der Waals surface area contributed by atoms with Gasteiger partial charge in [-0.1, -0.05) is 11.6 Å². The van der Waals surface area contributed by atoms with Crippen LogP contribution >= 0.6 is 11.6 Å². The zero-order valence-corrected chi connectivity index (χ0v) is 7.84. The molecule has 0 heterocycles. The van der Waals surface area contributed by atoms with Crippen LogP contribution in [0.5, 0.6) is 5.75 Å². The van der Waals surface area contributed by atoms with Crippen molar-refractivity contribution in [2.45, 2.75) is 13.2 Å². The maximum atomic E-state index is 5.70. The van der Waals surface area contributed by atoms with Crippen molar-refractivity contribution in [3.8, 4) is 5.75 Å². The molecule has 0 saturated heterocycles. The van der Waals surface area contributed by atoms with Gasteiger partial charge in [0.25, 0.3) is 0 Å². The molecule has 66 valence electrons. The lowest BCUT2D eigenvalue weighted by molar-refractivity contribution is -0.0382. The molecular weight excluding hydrogens is 176 g/mol. The predicted octanol–water partition coefficient (Wildman–Crippen LogP) is 2.71. The summed E-state index contributed by atoms with van der Waals surface area (Å²) in [4.78, 5) is 0. The largest absolute Gasteiger partial charge is 0.465 e. The summed E-state index contributed by atoms with van der Waals surface area (Å²) in [6, 6.07) is 7.16. The monoisotopic (exact) mass is 186 g/mol. The van der Waals surface area contributed by atoms with Gasteiger partial charge in [-0.15, -0.1) is 0 Å². The molecule has 0 bridgehead atoms. The number of hydrogen-bond donors (Lipinski definition) is 0. The Morgan fingerprint density at radius 1 is 1.25 bits per heavy atom. The first-order chi connectivity index (χ1) is 5.72. The van der Waals surface area contributed by atoms with Crippen molar-refractivity contribution in [2.75, 3.05) is 7.11 Å². The Kier molecular flexibility index (Phi) is 3.38. The van der Waals surface area contributed by atoms with E-state index in [2.05, 4.69) is 0 Å². The summed E-state index contributed by atoms with van der Waals surface area (Å²) in [5, 5.41) is 0.701. The smallest absolute Gasteiger partial charge is 0.196 e. The van der Waals surface area contributed by atoms with Crippen molar-refractivity contribution in [1.82, 2.24) is 0 Å². The molecule has 1 rings (SSSR count). The number of halogens is 1. The summed E-state index contributed by atoms with van der Waals surface area (Å²) in [6.45, 7) is 1.83. The lowest BCUT2D eigenvalue weighted by Crippen LogP contribution is -2.13. The molecule has 0 radical (unpaired) electrons. The third kappa shape index (κ3) is 2.72. The van der Waals surface area contributed by atoms with E-state index in [0.717, 1.165) is 5.75 Å². The molecule has 0 aliphatic heterocycles. The highest BCUT2D eigenvalue weighted by molar-refractivity contribution is 6.30. The van der Waals surface area contributed by atoms with Crippen LogP contribution in [-0.4, -0.2) is 13.4 Å². The van der Waals surface area contributed by atoms with Crippen LogP contribution in [0.25, 0.3) is 0 Å². The number of benzene rings is 1. The van der Waals surface area contributed by atoms with E-state index in [1.807, 2.05) is 6.92 Å². The van der Waals surface area contributed by atoms with Gasteiger partial charge in [0.2, 0.25) is 0 Å². The molecule has 0 fully saturated rings. The molecule has 0 amide bonds. The quantitative estimate of drug-likeness (QED) is 0.676. The van der Waals surface area contributed by atoms with Crippen LogP contribution in [0.4, 0.5) is 0 Å². The Balaban J connectivity index is 2.58. The highest BCUT2D eigenvalue weighted by atomic mass is 35.5. The predicted molar refractivity (Wildman–Crippen MR) is 48.6 cm³/mol. The number of ether oxygens (including phenoxy) is 2. The lowest BCUT2D eigenvalue weighted by atomic mass is 10.3. The minimum Gasteiger partial charge on any atom is -0.465 e. The summed E-state index contributed by atoms with van der Waals surface area (Å²) in [7, 11) is 1.60. The van der Waals surface area contributed by atoms with Gasteiger partial charge in [0.05, 0.1) is 0 Å². The summed E-state index contributed by atoms with van der Waals surface area (Å²) in [6.07, 6.45) is -0.230. The minimum absolute atomic E-state index is 0.230. The zero-order valence-electron chi connectivity index (χ0n) is 7.08. The molecule has 0 aliphatic carbocycles. The van der Waals surface area contributed by atoms with Crippen LogP contribution < -0.4 is 4.74 Å². The second-order valence-corrected chi connectivity index (χ2v) is 2.81. The van der Waals surface area contributed by atoms with E-state index in [-0.39, 0.29) is 6.29 Å². The second-order valence-electron chi connectivity index (χ2n) is 2.38. The number of rotatable bonds is 3. The fraction of sp³-hybridized carbons (Fsp3) is 0.333. The highest BCUT2D eigenvalue weighted by Gasteiger charge is 1.99. The van der Waals surface area contributed by atoms with Crippen LogP contribution in [0.3, 0.4) is 0 Å². The van der Waals surface area contributed by atoms with Gasteiger partial charge >= 0.3 is 0 Å². The van der Waals surface area contributed by atoms with Gasteiger partial charge in [-0.3, -0.25) is 0 Å². The molecule has 0 aliphatic rings. The standard InChI is InChI=1S/C9H11ClO2/c1-7(11-2)12-9-5-3-8(10)4-6-9/h3-7H,1-2H3. The molecule has 12 heavy (non-hydrogen) atoms. The molecule has 0 saturated carbocycles. The van der Waals surface area contributed by atoms with Crippen LogP contribution in [0.15, 0.2) is 24.3 Å². The zero-order chi connectivity index (χ0) is 8.97. The average Bonchev–Trinajstić information content (AvgIpc) is 2.09. The molecule has 1 unspecified atom stereocenters. The number of hydrogen-bond acceptors (Lipinski definition) is 2. The maximum Gasteiger partial charge on any atom is 0.196 e. The van der Waals surface area contributed by atoms with Crippen molar-refractivity contribution >= 4 is 11.6 Å². The molecule has 0 N–H and O–H groups in total. The third-order valence-corrected chi connectivity index (χ3v) is 1.70. The first kappa shape index (κ1) is 9.36. The van der Waals surface area contributed by atoms with Gasteiger partial charge < -0.3 is 9.47 Å². The highest BCUT2D eigenvalue weighted by Crippen LogP contribution is 2.16. The summed E-state index contributed by atoms with van der Waals surface area (Å²) in [5.41, 5.74) is 0. The Morgan fingerprint density at radius 3 is 2.33 bits per heavy atom. The maximum absolute atomic E-state index is 5.70. The summed E-state index contributed by atoms with van der Waals surface area (Å²) in [5.74, 6) is 0.758. The van der Waals surface area contributed by atoms with E-state index in [0.29, 0.717) is 5.02 Å². The third-order valence-electron chi connectivity index (χ3n) is 1.45. The van der Waals surface area contributed by atoms with Crippen LogP contribution in [0.2, 0.25) is 5.02 Å². The first-order valence-electron chi connectivity index (χ1n) is 3.67. The molecule has 0 spiro atoms. The topological polar surface area (TPSA) is 18.5 Å². The molecule has 0 aromatic heterocycles. The molecule has 3 heteroatoms. The van der Waals surface area contributed by atoms with Crippen molar-refractivity contribution in [2.24, 2.45) is 0 Å². The van der Waals surface area contributed by atoms with Gasteiger partial charge in [0.15, 0.2) is 6.29 Å². The molecular formula is C9H11ClO2. The van der Waals surface area contributed by atoms with Crippen molar-refractivity contribution in [3.05, 3.63) is 29.3 Å². The van der Waals surface area contributed by atoms with Gasteiger partial charge in [0, 0.05) is 12.1 Å². The van der Waals surface area contributed by atoms with E-state index in [1.54, 1.807) is 31.4 Å². The Hall–Kier alpha value is -0.730. The minimum atomic E-state index is -0.230. The van der Waals surface area contributed by atoms with E-state index in [1.165, 1.54) is 0 Å². The summed E-state index contributed by atoms with van der Waals surface area (Å²) < 4.78 is 10.3. The van der Waals surface area contributed by atoms with Gasteiger partial charge in [0.1, 0.15) is 5.75 Å². The number of methoxy groups -OCH3 is 1. The van der Waals surface area contributed by atoms with Gasteiger partial charge in [-0.25, -0.2) is 0 Å². The van der Waals surface area contributed by atoms with Crippen molar-refractivity contribution < 1.29 is 9.47 Å². The van der Waals surface area contributed by atoms with Crippen molar-refractivity contribution in [1.29, 1.82) is 0 Å². The Labute approximate surface area is 77.1 Å². The van der Waals surface area contributed by atoms with E-state index < -0.39 is 0 Å². The SMILES string of the molecule is COC(C)Oc1ccc(Cl)cc1. The molecule has 1 aromatic rings. The summed E-state index contributed by atoms with van der Waals surface area (Å²) >= 11 is 5.70. The second kappa shape index (κ2) is 4.33. The van der Waals surface area contributed by atoms with Gasteiger partial charge in [-0.2, -0.15) is 0 Å². The lowest BCUT2D eigenvalue weighted by Gasteiger charge is -2.11.